The number of benzene rings is 1. The number of aryl methyl sites for hydroxylation is 1. The summed E-state index contributed by atoms with van der Waals surface area (Å²) in [5, 5.41) is 0. The van der Waals surface area contributed by atoms with Crippen LogP contribution in [-0.4, -0.2) is 9.97 Å². The van der Waals surface area contributed by atoms with Crippen molar-refractivity contribution >= 4 is 12.2 Å². The fourth-order valence-corrected chi connectivity index (χ4v) is 1.77. The lowest BCUT2D eigenvalue weighted by molar-refractivity contribution is -0.144. The quantitative estimate of drug-likeness (QED) is 0.627. The molecule has 0 fully saturated rings. The van der Waals surface area contributed by atoms with Crippen molar-refractivity contribution < 1.29 is 17.6 Å². The number of nitrogens with zero attached hydrogens (tertiary/aromatic N) is 1. The van der Waals surface area contributed by atoms with Gasteiger partial charge in [-0.1, -0.05) is 12.2 Å². The van der Waals surface area contributed by atoms with Crippen LogP contribution in [0.4, 0.5) is 17.6 Å². The molecule has 0 saturated carbocycles. The molecule has 100 valence electrons. The lowest BCUT2D eigenvalue weighted by Gasteiger charge is -2.09. The van der Waals surface area contributed by atoms with Gasteiger partial charge in [-0.05, 0) is 42.3 Å². The topological polar surface area (TPSA) is 28.7 Å². The van der Waals surface area contributed by atoms with Crippen molar-refractivity contribution in [1.82, 2.24) is 9.97 Å². The molecule has 0 saturated heterocycles. The molecule has 0 radical (unpaired) electrons. The first-order valence-electron chi connectivity index (χ1n) is 5.22. The fraction of sp³-hybridized carbons (Fsp3) is 0.167. The third kappa shape index (κ3) is 2.98. The number of aromatic amines is 1. The number of rotatable bonds is 1. The maximum Gasteiger partial charge on any atom is 0.449 e. The molecule has 0 spiro atoms. The maximum absolute atomic E-state index is 13.1. The molecule has 1 aromatic carbocycles. The zero-order valence-electron chi connectivity index (χ0n) is 9.68. The van der Waals surface area contributed by atoms with Crippen molar-refractivity contribution in [1.29, 1.82) is 0 Å². The summed E-state index contributed by atoms with van der Waals surface area (Å²) in [7, 11) is 0. The Kier molecular flexibility index (Phi) is 3.40. The van der Waals surface area contributed by atoms with Gasteiger partial charge in [-0.25, -0.2) is 9.37 Å². The van der Waals surface area contributed by atoms with Crippen LogP contribution in [0.25, 0.3) is 11.3 Å². The largest absolute Gasteiger partial charge is 0.449 e. The van der Waals surface area contributed by atoms with Crippen molar-refractivity contribution in [3.8, 4) is 11.3 Å². The molecular formula is C12H8F4N2S. The van der Waals surface area contributed by atoms with Crippen LogP contribution in [0.1, 0.15) is 11.4 Å². The minimum absolute atomic E-state index is 0.149. The monoisotopic (exact) mass is 288 g/mol. The predicted molar refractivity (Wildman–Crippen MR) is 64.6 cm³/mol. The highest BCUT2D eigenvalue weighted by Crippen LogP contribution is 2.28. The van der Waals surface area contributed by atoms with E-state index >= 15 is 0 Å². The Labute approximate surface area is 111 Å². The minimum Gasteiger partial charge on any atom is -0.336 e. The van der Waals surface area contributed by atoms with Gasteiger partial charge in [0, 0.05) is 5.69 Å². The van der Waals surface area contributed by atoms with Crippen LogP contribution in [0.15, 0.2) is 24.3 Å². The summed E-state index contributed by atoms with van der Waals surface area (Å²) in [5.41, 5.74) is 0.899. The number of aromatic nitrogens is 2. The lowest BCUT2D eigenvalue weighted by atomic mass is 10.1. The summed E-state index contributed by atoms with van der Waals surface area (Å²) >= 11 is 4.71. The Morgan fingerprint density at radius 2 is 1.89 bits per heavy atom. The number of hydrogen-bond acceptors (Lipinski definition) is 2. The van der Waals surface area contributed by atoms with Crippen LogP contribution in [0, 0.1) is 17.4 Å². The second kappa shape index (κ2) is 4.73. The fourth-order valence-electron chi connectivity index (χ4n) is 1.56. The van der Waals surface area contributed by atoms with Crippen molar-refractivity contribution in [2.45, 2.75) is 13.1 Å². The first-order valence-corrected chi connectivity index (χ1v) is 5.63. The summed E-state index contributed by atoms with van der Waals surface area (Å²) in [6.07, 6.45) is -4.61. The van der Waals surface area contributed by atoms with Crippen LogP contribution in [0.2, 0.25) is 0 Å². The van der Waals surface area contributed by atoms with E-state index in [-0.39, 0.29) is 10.3 Å². The third-order valence-corrected chi connectivity index (χ3v) is 2.69. The summed E-state index contributed by atoms with van der Waals surface area (Å²) in [5.74, 6) is -1.59. The van der Waals surface area contributed by atoms with Gasteiger partial charge in [-0.3, -0.25) is 0 Å². The van der Waals surface area contributed by atoms with E-state index in [0.29, 0.717) is 11.1 Å². The molecule has 0 unspecified atom stereocenters. The van der Waals surface area contributed by atoms with Gasteiger partial charge in [0.1, 0.15) is 10.5 Å². The number of alkyl halides is 3. The highest BCUT2D eigenvalue weighted by molar-refractivity contribution is 7.71. The van der Waals surface area contributed by atoms with E-state index in [2.05, 4.69) is 9.97 Å². The zero-order valence-corrected chi connectivity index (χ0v) is 10.5. The molecule has 0 amide bonds. The van der Waals surface area contributed by atoms with Gasteiger partial charge >= 0.3 is 6.18 Å². The Bertz CT molecular complexity index is 676. The molecule has 2 rings (SSSR count). The maximum atomic E-state index is 13.1. The smallest absolute Gasteiger partial charge is 0.336 e. The van der Waals surface area contributed by atoms with E-state index in [4.69, 9.17) is 12.2 Å². The molecule has 2 nitrogen and oxygen atoms in total. The average molecular weight is 288 g/mol. The summed E-state index contributed by atoms with van der Waals surface area (Å²) < 4.78 is 50.8. The van der Waals surface area contributed by atoms with Gasteiger partial charge < -0.3 is 4.98 Å². The lowest BCUT2D eigenvalue weighted by Crippen LogP contribution is -2.11. The van der Waals surface area contributed by atoms with Gasteiger partial charge in [0.25, 0.3) is 0 Å². The summed E-state index contributed by atoms with van der Waals surface area (Å²) in [6, 6.07) is 5.31. The minimum atomic E-state index is -4.61. The summed E-state index contributed by atoms with van der Waals surface area (Å²) in [6.45, 7) is 1.53. The van der Waals surface area contributed by atoms with Crippen LogP contribution in [0.5, 0.6) is 0 Å². The number of nitrogens with one attached hydrogen (secondary N) is 1. The van der Waals surface area contributed by atoms with Crippen LogP contribution in [-0.2, 0) is 6.18 Å². The summed E-state index contributed by atoms with van der Waals surface area (Å²) in [4.78, 5) is 5.39. The second-order valence-corrected chi connectivity index (χ2v) is 4.36. The predicted octanol–water partition coefficient (Wildman–Crippen LogP) is 4.27. The van der Waals surface area contributed by atoms with Crippen LogP contribution < -0.4 is 0 Å². The molecule has 0 aliphatic heterocycles. The molecule has 0 bridgehead atoms. The highest BCUT2D eigenvalue weighted by Gasteiger charge is 2.34. The van der Waals surface area contributed by atoms with Crippen molar-refractivity contribution in [3.05, 3.63) is 46.1 Å². The molecule has 19 heavy (non-hydrogen) atoms. The van der Waals surface area contributed by atoms with Gasteiger partial charge in [-0.2, -0.15) is 13.2 Å². The van der Waals surface area contributed by atoms with Gasteiger partial charge in [0.05, 0.1) is 0 Å². The van der Waals surface area contributed by atoms with Crippen LogP contribution in [0.3, 0.4) is 0 Å². The van der Waals surface area contributed by atoms with Gasteiger partial charge in [0.2, 0.25) is 5.82 Å². The highest BCUT2D eigenvalue weighted by atomic mass is 32.1. The van der Waals surface area contributed by atoms with E-state index in [1.807, 2.05) is 0 Å². The molecule has 1 N–H and O–H groups in total. The van der Waals surface area contributed by atoms with E-state index in [9.17, 15) is 17.6 Å². The molecular weight excluding hydrogens is 280 g/mol. The normalized spacial score (nSPS) is 11.6. The molecule has 1 aromatic heterocycles. The molecule has 2 aromatic rings. The van der Waals surface area contributed by atoms with Gasteiger partial charge in [-0.15, -0.1) is 0 Å². The Morgan fingerprint density at radius 1 is 1.21 bits per heavy atom. The van der Waals surface area contributed by atoms with Crippen LogP contribution >= 0.6 is 12.2 Å². The Morgan fingerprint density at radius 3 is 2.47 bits per heavy atom. The zero-order chi connectivity index (χ0) is 14.2. The molecule has 0 aliphatic rings. The van der Waals surface area contributed by atoms with E-state index in [0.717, 1.165) is 0 Å². The first-order chi connectivity index (χ1) is 8.77. The molecule has 0 aliphatic carbocycles. The molecule has 1 heterocycles. The standard InChI is InChI=1S/C12H8F4N2S/c1-6-4-7(2-3-8(6)13)9-5-10(19)18-11(17-9)12(14,15)16/h2-5H,1H3,(H,17,18,19). The van der Waals surface area contributed by atoms with E-state index < -0.39 is 17.8 Å². The average Bonchev–Trinajstić information content (AvgIpc) is 2.31. The van der Waals surface area contributed by atoms with Crippen molar-refractivity contribution in [2.75, 3.05) is 0 Å². The number of H-pyrrole nitrogens is 1. The SMILES string of the molecule is Cc1cc(-c2cc(=S)nc(C(F)(F)F)[nH]2)ccc1F. The Hall–Kier alpha value is -1.76. The number of hydrogen-bond donors (Lipinski definition) is 1. The molecule has 0 atom stereocenters. The van der Waals surface area contributed by atoms with E-state index in [1.54, 1.807) is 0 Å². The van der Waals surface area contributed by atoms with Gasteiger partial charge in [0.15, 0.2) is 0 Å². The second-order valence-electron chi connectivity index (χ2n) is 3.94. The van der Waals surface area contributed by atoms with Crippen molar-refractivity contribution in [3.63, 3.8) is 0 Å². The Balaban J connectivity index is 2.59. The molecule has 7 heteroatoms. The number of halogens is 4. The third-order valence-electron chi connectivity index (χ3n) is 2.48. The first kappa shape index (κ1) is 13.7. The van der Waals surface area contributed by atoms with E-state index in [1.165, 1.54) is 31.2 Å². The van der Waals surface area contributed by atoms with Crippen molar-refractivity contribution in [2.24, 2.45) is 0 Å².